The minimum Gasteiger partial charge on any atom is -0.507 e. The summed E-state index contributed by atoms with van der Waals surface area (Å²) in [7, 11) is 0. The normalized spacial score (nSPS) is 11.4. The Morgan fingerprint density at radius 3 is 2.43 bits per heavy atom. The van der Waals surface area contributed by atoms with Crippen molar-refractivity contribution in [2.24, 2.45) is 0 Å². The SMILES string of the molecule is C=C(/C=C/c1ccc(N(CC)CC)cc1O)C(C)(C)c1cc(C#N)ccc1C. The number of nitriles is 1. The second-order valence-corrected chi connectivity index (χ2v) is 7.54. The molecule has 0 fully saturated rings. The number of nitrogens with zero attached hydrogens (tertiary/aromatic N) is 2. The van der Waals surface area contributed by atoms with E-state index in [9.17, 15) is 10.4 Å². The summed E-state index contributed by atoms with van der Waals surface area (Å²) in [6.07, 6.45) is 3.85. The summed E-state index contributed by atoms with van der Waals surface area (Å²) < 4.78 is 0. The van der Waals surface area contributed by atoms with E-state index in [0.717, 1.165) is 41.0 Å². The van der Waals surface area contributed by atoms with E-state index in [1.165, 1.54) is 0 Å². The third kappa shape index (κ3) is 4.46. The van der Waals surface area contributed by atoms with Crippen LogP contribution in [0.2, 0.25) is 0 Å². The van der Waals surface area contributed by atoms with Crippen LogP contribution in [0.15, 0.2) is 54.6 Å². The monoisotopic (exact) mass is 374 g/mol. The van der Waals surface area contributed by atoms with Crippen molar-refractivity contribution in [2.45, 2.75) is 40.0 Å². The first kappa shape index (κ1) is 21.3. The van der Waals surface area contributed by atoms with Crippen LogP contribution < -0.4 is 4.90 Å². The first-order valence-electron chi connectivity index (χ1n) is 9.71. The van der Waals surface area contributed by atoms with Gasteiger partial charge in [0.1, 0.15) is 5.75 Å². The smallest absolute Gasteiger partial charge is 0.124 e. The van der Waals surface area contributed by atoms with Gasteiger partial charge in [0.2, 0.25) is 0 Å². The molecule has 2 rings (SSSR count). The van der Waals surface area contributed by atoms with Crippen molar-refractivity contribution in [3.63, 3.8) is 0 Å². The molecule has 0 unspecified atom stereocenters. The Bertz CT molecular complexity index is 928. The van der Waals surface area contributed by atoms with Crippen molar-refractivity contribution in [3.05, 3.63) is 76.9 Å². The van der Waals surface area contributed by atoms with Gasteiger partial charge in [-0.1, -0.05) is 38.6 Å². The van der Waals surface area contributed by atoms with Crippen LogP contribution in [0.5, 0.6) is 5.75 Å². The molecule has 28 heavy (non-hydrogen) atoms. The number of rotatable bonds is 7. The number of hydrogen-bond donors (Lipinski definition) is 1. The lowest BCUT2D eigenvalue weighted by Gasteiger charge is -2.28. The largest absolute Gasteiger partial charge is 0.507 e. The maximum absolute atomic E-state index is 10.4. The molecule has 0 atom stereocenters. The number of allylic oxidation sites excluding steroid dienone is 2. The van der Waals surface area contributed by atoms with Crippen LogP contribution in [0.4, 0.5) is 5.69 Å². The van der Waals surface area contributed by atoms with Gasteiger partial charge in [0.15, 0.2) is 0 Å². The minimum absolute atomic E-state index is 0.258. The Kier molecular flexibility index (Phi) is 6.70. The molecule has 0 spiro atoms. The third-order valence-electron chi connectivity index (χ3n) is 5.45. The molecule has 0 amide bonds. The van der Waals surface area contributed by atoms with Crippen LogP contribution in [0, 0.1) is 18.3 Å². The zero-order valence-electron chi connectivity index (χ0n) is 17.6. The summed E-state index contributed by atoms with van der Waals surface area (Å²) in [5.41, 5.74) is 5.22. The topological polar surface area (TPSA) is 47.3 Å². The average Bonchev–Trinajstić information content (AvgIpc) is 2.68. The molecule has 2 aromatic rings. The van der Waals surface area contributed by atoms with Crippen molar-refractivity contribution >= 4 is 11.8 Å². The molecule has 3 heteroatoms. The molecule has 0 aromatic heterocycles. The summed E-state index contributed by atoms with van der Waals surface area (Å²) in [5.74, 6) is 0.258. The molecule has 0 aliphatic heterocycles. The second-order valence-electron chi connectivity index (χ2n) is 7.54. The number of aromatic hydroxyl groups is 1. The number of phenolic OH excluding ortho intramolecular Hbond substituents is 1. The predicted octanol–water partition coefficient (Wildman–Crippen LogP) is 5.97. The molecule has 0 aliphatic carbocycles. The Morgan fingerprint density at radius 2 is 1.86 bits per heavy atom. The first-order chi connectivity index (χ1) is 13.2. The molecule has 2 aromatic carbocycles. The van der Waals surface area contributed by atoms with Gasteiger partial charge in [-0.2, -0.15) is 5.26 Å². The van der Waals surface area contributed by atoms with Crippen molar-refractivity contribution in [1.82, 2.24) is 0 Å². The molecule has 0 radical (unpaired) electrons. The van der Waals surface area contributed by atoms with Crippen molar-refractivity contribution in [1.29, 1.82) is 5.26 Å². The quantitative estimate of drug-likeness (QED) is 0.608. The summed E-state index contributed by atoms with van der Waals surface area (Å²) in [5, 5.41) is 19.7. The summed E-state index contributed by atoms with van der Waals surface area (Å²) in [4.78, 5) is 2.19. The molecule has 1 N–H and O–H groups in total. The van der Waals surface area contributed by atoms with Crippen molar-refractivity contribution in [2.75, 3.05) is 18.0 Å². The van der Waals surface area contributed by atoms with Gasteiger partial charge in [0.25, 0.3) is 0 Å². The standard InChI is InChI=1S/C25H30N2O/c1-7-27(8-2)22-14-13-21(24(28)16-22)12-10-19(4)25(5,6)23-15-20(17-26)11-9-18(23)3/h9-16,28H,4,7-8H2,1-3,5-6H3/b12-10+. The van der Waals surface area contributed by atoms with Gasteiger partial charge >= 0.3 is 0 Å². The van der Waals surface area contributed by atoms with Crippen LogP contribution in [0.1, 0.15) is 49.9 Å². The lowest BCUT2D eigenvalue weighted by molar-refractivity contribution is 0.474. The first-order valence-corrected chi connectivity index (χ1v) is 9.71. The Morgan fingerprint density at radius 1 is 1.18 bits per heavy atom. The zero-order chi connectivity index (χ0) is 20.9. The van der Waals surface area contributed by atoms with Gasteiger partial charge < -0.3 is 10.0 Å². The predicted molar refractivity (Wildman–Crippen MR) is 119 cm³/mol. The van der Waals surface area contributed by atoms with Gasteiger partial charge in [0.05, 0.1) is 11.6 Å². The van der Waals surface area contributed by atoms with Gasteiger partial charge in [-0.05, 0) is 61.7 Å². The minimum atomic E-state index is -0.329. The van der Waals surface area contributed by atoms with Crippen LogP contribution >= 0.6 is 0 Å². The highest BCUT2D eigenvalue weighted by Crippen LogP contribution is 2.35. The summed E-state index contributed by atoms with van der Waals surface area (Å²) in [6, 6.07) is 13.7. The molecular formula is C25H30N2O. The van der Waals surface area contributed by atoms with Crippen LogP contribution in [0.25, 0.3) is 6.08 Å². The van der Waals surface area contributed by atoms with Crippen molar-refractivity contribution in [3.8, 4) is 11.8 Å². The number of benzene rings is 2. The maximum Gasteiger partial charge on any atom is 0.124 e. The second kappa shape index (κ2) is 8.80. The molecule has 0 saturated carbocycles. The number of anilines is 1. The highest BCUT2D eigenvalue weighted by atomic mass is 16.3. The van der Waals surface area contributed by atoms with E-state index < -0.39 is 0 Å². The molecule has 0 heterocycles. The van der Waals surface area contributed by atoms with E-state index in [4.69, 9.17) is 0 Å². The lowest BCUT2D eigenvalue weighted by Crippen LogP contribution is -2.21. The Balaban J connectivity index is 2.29. The van der Waals surface area contributed by atoms with E-state index in [1.807, 2.05) is 49.4 Å². The fraction of sp³-hybridized carbons (Fsp3) is 0.320. The van der Waals surface area contributed by atoms with Crippen LogP contribution in [-0.2, 0) is 5.41 Å². The third-order valence-corrected chi connectivity index (χ3v) is 5.45. The molecule has 0 aliphatic rings. The van der Waals surface area contributed by atoms with Crippen molar-refractivity contribution < 1.29 is 5.11 Å². The van der Waals surface area contributed by atoms with E-state index in [1.54, 1.807) is 6.07 Å². The molecule has 0 bridgehead atoms. The van der Waals surface area contributed by atoms with Gasteiger partial charge in [0, 0.05) is 35.8 Å². The number of aryl methyl sites for hydroxylation is 1. The summed E-state index contributed by atoms with van der Waals surface area (Å²) in [6.45, 7) is 16.5. The Labute approximate surface area is 169 Å². The van der Waals surface area contributed by atoms with Gasteiger partial charge in [-0.3, -0.25) is 0 Å². The molecule has 0 saturated heterocycles. The van der Waals surface area contributed by atoms with E-state index >= 15 is 0 Å². The van der Waals surface area contributed by atoms with Gasteiger partial charge in [-0.15, -0.1) is 0 Å². The van der Waals surface area contributed by atoms with E-state index in [2.05, 4.69) is 45.2 Å². The number of hydrogen-bond acceptors (Lipinski definition) is 3. The fourth-order valence-corrected chi connectivity index (χ4v) is 3.40. The maximum atomic E-state index is 10.4. The van der Waals surface area contributed by atoms with E-state index in [-0.39, 0.29) is 11.2 Å². The van der Waals surface area contributed by atoms with Crippen LogP contribution in [0.3, 0.4) is 0 Å². The van der Waals surface area contributed by atoms with Crippen LogP contribution in [-0.4, -0.2) is 18.2 Å². The molecule has 146 valence electrons. The van der Waals surface area contributed by atoms with Gasteiger partial charge in [-0.25, -0.2) is 0 Å². The Hall–Kier alpha value is -2.99. The zero-order valence-corrected chi connectivity index (χ0v) is 17.6. The molecular weight excluding hydrogens is 344 g/mol. The average molecular weight is 375 g/mol. The number of phenols is 1. The highest BCUT2D eigenvalue weighted by Gasteiger charge is 2.25. The molecule has 3 nitrogen and oxygen atoms in total. The fourth-order valence-electron chi connectivity index (χ4n) is 3.40. The lowest BCUT2D eigenvalue weighted by atomic mass is 9.75. The highest BCUT2D eigenvalue weighted by molar-refractivity contribution is 5.65. The van der Waals surface area contributed by atoms with E-state index in [0.29, 0.717) is 5.56 Å². The summed E-state index contributed by atoms with van der Waals surface area (Å²) >= 11 is 0.